The number of nitrogens with zero attached hydrogens (tertiary/aromatic N) is 2. The van der Waals surface area contributed by atoms with Gasteiger partial charge in [-0.3, -0.25) is 10.1 Å². The minimum absolute atomic E-state index is 0.375. The molecule has 0 bridgehead atoms. The van der Waals surface area contributed by atoms with Crippen LogP contribution in [-0.2, 0) is 0 Å². The zero-order valence-electron chi connectivity index (χ0n) is 9.82. The number of hydrogen-bond donors (Lipinski definition) is 1. The fourth-order valence-electron chi connectivity index (χ4n) is 1.44. The second kappa shape index (κ2) is 6.02. The standard InChI is InChI=1S/C12H7BrN2O4S/c13-8-3-1-2-4-10(8)20-11-5-7(12(16)17)9(6-14-11)15(18)19/h1-6H,(H,16,17). The number of aromatic nitrogens is 1. The zero-order valence-corrected chi connectivity index (χ0v) is 12.2. The molecule has 0 aliphatic carbocycles. The Morgan fingerprint density at radius 2 is 2.10 bits per heavy atom. The third-order valence-corrected chi connectivity index (χ3v) is 4.30. The van der Waals surface area contributed by atoms with Crippen LogP contribution in [0.25, 0.3) is 0 Å². The van der Waals surface area contributed by atoms with E-state index in [9.17, 15) is 14.9 Å². The molecular weight excluding hydrogens is 348 g/mol. The second-order valence-electron chi connectivity index (χ2n) is 3.63. The topological polar surface area (TPSA) is 93.3 Å². The molecule has 0 radical (unpaired) electrons. The number of carbonyl (C=O) groups is 1. The summed E-state index contributed by atoms with van der Waals surface area (Å²) in [4.78, 5) is 25.8. The molecule has 2 aromatic rings. The van der Waals surface area contributed by atoms with E-state index in [0.717, 1.165) is 15.6 Å². The lowest BCUT2D eigenvalue weighted by molar-refractivity contribution is -0.385. The van der Waals surface area contributed by atoms with Crippen molar-refractivity contribution in [1.29, 1.82) is 0 Å². The van der Waals surface area contributed by atoms with Gasteiger partial charge in [0.15, 0.2) is 0 Å². The van der Waals surface area contributed by atoms with Gasteiger partial charge in [-0.15, -0.1) is 0 Å². The maximum Gasteiger partial charge on any atom is 0.342 e. The number of rotatable bonds is 4. The van der Waals surface area contributed by atoms with Crippen LogP contribution in [0.15, 0.2) is 50.9 Å². The van der Waals surface area contributed by atoms with E-state index in [4.69, 9.17) is 5.11 Å². The van der Waals surface area contributed by atoms with Crippen molar-refractivity contribution in [2.45, 2.75) is 9.92 Å². The Kier molecular flexibility index (Phi) is 4.35. The molecule has 0 saturated carbocycles. The van der Waals surface area contributed by atoms with Crippen molar-refractivity contribution in [3.05, 3.63) is 56.7 Å². The van der Waals surface area contributed by atoms with Crippen molar-refractivity contribution in [3.63, 3.8) is 0 Å². The zero-order chi connectivity index (χ0) is 14.7. The number of carboxylic acid groups (broad SMARTS) is 1. The third-order valence-electron chi connectivity index (χ3n) is 2.34. The number of pyridine rings is 1. The Hall–Kier alpha value is -1.93. The van der Waals surface area contributed by atoms with Crippen molar-refractivity contribution in [2.75, 3.05) is 0 Å². The SMILES string of the molecule is O=C(O)c1cc(Sc2ccccc2Br)ncc1[N+](=O)[O-]. The van der Waals surface area contributed by atoms with Gasteiger partial charge in [0.1, 0.15) is 16.8 Å². The van der Waals surface area contributed by atoms with Crippen LogP contribution in [0.2, 0.25) is 0 Å². The lowest BCUT2D eigenvalue weighted by Gasteiger charge is -2.04. The van der Waals surface area contributed by atoms with Crippen LogP contribution in [0.4, 0.5) is 5.69 Å². The molecule has 0 atom stereocenters. The van der Waals surface area contributed by atoms with Crippen molar-refractivity contribution in [3.8, 4) is 0 Å². The van der Waals surface area contributed by atoms with Crippen molar-refractivity contribution in [2.24, 2.45) is 0 Å². The smallest absolute Gasteiger partial charge is 0.342 e. The lowest BCUT2D eigenvalue weighted by Crippen LogP contribution is -2.03. The molecule has 1 aromatic heterocycles. The Balaban J connectivity index is 2.40. The van der Waals surface area contributed by atoms with Gasteiger partial charge in [-0.05, 0) is 34.1 Å². The highest BCUT2D eigenvalue weighted by Crippen LogP contribution is 2.33. The predicted molar refractivity (Wildman–Crippen MR) is 76.1 cm³/mol. The van der Waals surface area contributed by atoms with Gasteiger partial charge in [0.25, 0.3) is 0 Å². The van der Waals surface area contributed by atoms with Crippen LogP contribution in [0, 0.1) is 10.1 Å². The summed E-state index contributed by atoms with van der Waals surface area (Å²) in [7, 11) is 0. The molecule has 0 amide bonds. The highest BCUT2D eigenvalue weighted by Gasteiger charge is 2.21. The van der Waals surface area contributed by atoms with Crippen molar-refractivity contribution < 1.29 is 14.8 Å². The first-order chi connectivity index (χ1) is 9.49. The van der Waals surface area contributed by atoms with Crippen LogP contribution in [0.5, 0.6) is 0 Å². The van der Waals surface area contributed by atoms with E-state index in [0.29, 0.717) is 5.03 Å². The number of carboxylic acids is 1. The quantitative estimate of drug-likeness (QED) is 0.665. The maximum atomic E-state index is 11.0. The lowest BCUT2D eigenvalue weighted by atomic mass is 10.2. The summed E-state index contributed by atoms with van der Waals surface area (Å²) in [6.07, 6.45) is 0.961. The van der Waals surface area contributed by atoms with Crippen LogP contribution in [0.1, 0.15) is 10.4 Å². The molecule has 1 N–H and O–H groups in total. The van der Waals surface area contributed by atoms with Gasteiger partial charge < -0.3 is 5.11 Å². The molecule has 6 nitrogen and oxygen atoms in total. The molecule has 0 saturated heterocycles. The van der Waals surface area contributed by atoms with Gasteiger partial charge in [-0.25, -0.2) is 9.78 Å². The number of aromatic carboxylic acids is 1. The van der Waals surface area contributed by atoms with Gasteiger partial charge in [-0.1, -0.05) is 23.9 Å². The first kappa shape index (κ1) is 14.5. The number of benzene rings is 1. The minimum atomic E-state index is -1.35. The second-order valence-corrected chi connectivity index (χ2v) is 5.55. The maximum absolute atomic E-state index is 11.0. The van der Waals surface area contributed by atoms with E-state index in [-0.39, 0.29) is 5.56 Å². The van der Waals surface area contributed by atoms with Crippen LogP contribution in [0.3, 0.4) is 0 Å². The summed E-state index contributed by atoms with van der Waals surface area (Å²) in [5.74, 6) is -1.35. The number of halogens is 1. The van der Waals surface area contributed by atoms with Gasteiger partial charge in [0.2, 0.25) is 0 Å². The third kappa shape index (κ3) is 3.14. The minimum Gasteiger partial charge on any atom is -0.477 e. The van der Waals surface area contributed by atoms with E-state index < -0.39 is 16.6 Å². The summed E-state index contributed by atoms with van der Waals surface area (Å²) in [5, 5.41) is 20.1. The van der Waals surface area contributed by atoms with E-state index in [1.807, 2.05) is 24.3 Å². The molecule has 102 valence electrons. The summed E-state index contributed by atoms with van der Waals surface area (Å²) in [6, 6.07) is 8.55. The molecule has 0 fully saturated rings. The predicted octanol–water partition coefficient (Wildman–Crippen LogP) is 3.60. The van der Waals surface area contributed by atoms with Crippen LogP contribution in [-0.4, -0.2) is 21.0 Å². The summed E-state index contributed by atoms with van der Waals surface area (Å²) in [5.41, 5.74) is -0.895. The molecule has 2 rings (SSSR count). The van der Waals surface area contributed by atoms with Gasteiger partial charge in [-0.2, -0.15) is 0 Å². The van der Waals surface area contributed by atoms with Crippen LogP contribution >= 0.6 is 27.7 Å². The number of nitro groups is 1. The van der Waals surface area contributed by atoms with Gasteiger partial charge >= 0.3 is 11.7 Å². The molecule has 0 spiro atoms. The largest absolute Gasteiger partial charge is 0.477 e. The molecular formula is C12H7BrN2O4S. The molecule has 0 aliphatic rings. The molecule has 0 unspecified atom stereocenters. The average Bonchev–Trinajstić information content (AvgIpc) is 2.41. The summed E-state index contributed by atoms with van der Waals surface area (Å²) >= 11 is 4.59. The number of hydrogen-bond acceptors (Lipinski definition) is 5. The fourth-order valence-corrected chi connectivity index (χ4v) is 2.79. The Labute approximate surface area is 126 Å². The van der Waals surface area contributed by atoms with E-state index in [1.54, 1.807) is 0 Å². The van der Waals surface area contributed by atoms with Gasteiger partial charge in [0.05, 0.1) is 4.92 Å². The summed E-state index contributed by atoms with van der Waals surface area (Å²) in [6.45, 7) is 0. The monoisotopic (exact) mass is 354 g/mol. The molecule has 0 aliphatic heterocycles. The van der Waals surface area contributed by atoms with E-state index in [1.165, 1.54) is 17.8 Å². The normalized spacial score (nSPS) is 10.2. The Morgan fingerprint density at radius 3 is 2.70 bits per heavy atom. The molecule has 1 heterocycles. The first-order valence-electron chi connectivity index (χ1n) is 5.29. The van der Waals surface area contributed by atoms with Crippen molar-refractivity contribution >= 4 is 39.3 Å². The van der Waals surface area contributed by atoms with E-state index >= 15 is 0 Å². The van der Waals surface area contributed by atoms with Crippen LogP contribution < -0.4 is 0 Å². The first-order valence-corrected chi connectivity index (χ1v) is 6.90. The Bertz CT molecular complexity index is 693. The Morgan fingerprint density at radius 1 is 1.40 bits per heavy atom. The fraction of sp³-hybridized carbons (Fsp3) is 0. The highest BCUT2D eigenvalue weighted by atomic mass is 79.9. The highest BCUT2D eigenvalue weighted by molar-refractivity contribution is 9.10. The molecule has 1 aromatic carbocycles. The van der Waals surface area contributed by atoms with Crippen molar-refractivity contribution in [1.82, 2.24) is 4.98 Å². The molecule has 20 heavy (non-hydrogen) atoms. The van der Waals surface area contributed by atoms with E-state index in [2.05, 4.69) is 20.9 Å². The molecule has 8 heteroatoms. The average molecular weight is 355 g/mol. The van der Waals surface area contributed by atoms with Gasteiger partial charge in [0, 0.05) is 9.37 Å². The summed E-state index contributed by atoms with van der Waals surface area (Å²) < 4.78 is 0.835.